The summed E-state index contributed by atoms with van der Waals surface area (Å²) in [4.78, 5) is 24.3. The topological polar surface area (TPSA) is 88.5 Å². The van der Waals surface area contributed by atoms with Crippen molar-refractivity contribution < 1.29 is 32.6 Å². The van der Waals surface area contributed by atoms with Gasteiger partial charge in [-0.15, -0.1) is 11.3 Å². The van der Waals surface area contributed by atoms with E-state index in [0.717, 1.165) is 0 Å². The number of aromatic nitrogens is 1. The van der Waals surface area contributed by atoms with Crippen molar-refractivity contribution >= 4 is 23.4 Å². The minimum Gasteiger partial charge on any atom is -0.476 e. The lowest BCUT2D eigenvalue weighted by atomic mass is 10.2. The van der Waals surface area contributed by atoms with Crippen LogP contribution in [-0.4, -0.2) is 34.3 Å². The van der Waals surface area contributed by atoms with Crippen molar-refractivity contribution in [3.63, 3.8) is 0 Å². The standard InChI is InChI=1S/C12H15F3N2O4S/c1-11(2,3)21-10(20)16-5-4-6-17-7(9(18)19)8(22-6)12(13,14)15/h4-5H2,1-3H3,(H,16,20)(H,18,19). The highest BCUT2D eigenvalue weighted by Crippen LogP contribution is 2.36. The monoisotopic (exact) mass is 340 g/mol. The number of nitrogens with one attached hydrogen (secondary N) is 1. The predicted molar refractivity (Wildman–Crippen MR) is 72.0 cm³/mol. The van der Waals surface area contributed by atoms with E-state index in [1.54, 1.807) is 20.8 Å². The molecule has 1 amide bonds. The molecule has 6 nitrogen and oxygen atoms in total. The first kappa shape index (κ1) is 18.2. The Morgan fingerprint density at radius 3 is 2.32 bits per heavy atom. The number of thiazole rings is 1. The minimum atomic E-state index is -4.78. The number of alkyl halides is 3. The molecular formula is C12H15F3N2O4S. The number of carbonyl (C=O) groups excluding carboxylic acids is 1. The second-order valence-corrected chi connectivity index (χ2v) is 6.35. The lowest BCUT2D eigenvalue weighted by Crippen LogP contribution is -2.33. The zero-order chi connectivity index (χ0) is 17.1. The van der Waals surface area contributed by atoms with Crippen molar-refractivity contribution in [3.05, 3.63) is 15.6 Å². The van der Waals surface area contributed by atoms with Gasteiger partial charge in [-0.25, -0.2) is 14.6 Å². The number of rotatable bonds is 4. The maximum Gasteiger partial charge on any atom is 0.428 e. The number of ether oxygens (including phenoxy) is 1. The summed E-state index contributed by atoms with van der Waals surface area (Å²) < 4.78 is 43.0. The summed E-state index contributed by atoms with van der Waals surface area (Å²) in [7, 11) is 0. The largest absolute Gasteiger partial charge is 0.476 e. The van der Waals surface area contributed by atoms with Crippen LogP contribution < -0.4 is 5.32 Å². The van der Waals surface area contributed by atoms with Gasteiger partial charge in [0.2, 0.25) is 0 Å². The van der Waals surface area contributed by atoms with E-state index in [0.29, 0.717) is 0 Å². The van der Waals surface area contributed by atoms with Gasteiger partial charge in [-0.1, -0.05) is 0 Å². The zero-order valence-corrected chi connectivity index (χ0v) is 12.9. The Labute approximate surface area is 128 Å². The van der Waals surface area contributed by atoms with Crippen molar-refractivity contribution in [3.8, 4) is 0 Å². The smallest absolute Gasteiger partial charge is 0.428 e. The van der Waals surface area contributed by atoms with E-state index in [9.17, 15) is 22.8 Å². The van der Waals surface area contributed by atoms with Gasteiger partial charge in [0, 0.05) is 13.0 Å². The first-order valence-electron chi connectivity index (χ1n) is 6.17. The maximum atomic E-state index is 12.7. The molecule has 2 N–H and O–H groups in total. The van der Waals surface area contributed by atoms with Gasteiger partial charge in [0.25, 0.3) is 0 Å². The van der Waals surface area contributed by atoms with Crippen LogP contribution in [0.25, 0.3) is 0 Å². The van der Waals surface area contributed by atoms with E-state index in [1.807, 2.05) is 0 Å². The Balaban J connectivity index is 2.68. The molecule has 1 aromatic rings. The van der Waals surface area contributed by atoms with E-state index in [2.05, 4.69) is 10.3 Å². The number of aromatic carboxylic acids is 1. The fourth-order valence-corrected chi connectivity index (χ4v) is 2.32. The van der Waals surface area contributed by atoms with Gasteiger partial charge < -0.3 is 15.2 Å². The van der Waals surface area contributed by atoms with Gasteiger partial charge in [0.15, 0.2) is 5.69 Å². The van der Waals surface area contributed by atoms with Crippen LogP contribution in [0, 0.1) is 0 Å². The molecule has 1 aromatic heterocycles. The number of hydrogen-bond donors (Lipinski definition) is 2. The van der Waals surface area contributed by atoms with Gasteiger partial charge >= 0.3 is 18.2 Å². The third kappa shape index (κ3) is 5.51. The van der Waals surface area contributed by atoms with E-state index >= 15 is 0 Å². The quantitative estimate of drug-likeness (QED) is 0.880. The fraction of sp³-hybridized carbons (Fsp3) is 0.583. The summed E-state index contributed by atoms with van der Waals surface area (Å²) in [5.74, 6) is -1.74. The molecule has 0 aliphatic heterocycles. The number of alkyl carbamates (subject to hydrolysis) is 1. The maximum absolute atomic E-state index is 12.7. The Morgan fingerprint density at radius 1 is 1.32 bits per heavy atom. The SMILES string of the molecule is CC(C)(C)OC(=O)NCCc1nc(C(=O)O)c(C(F)(F)F)s1. The number of amides is 1. The summed E-state index contributed by atoms with van der Waals surface area (Å²) in [6, 6.07) is 0. The molecule has 1 heterocycles. The van der Waals surface area contributed by atoms with E-state index in [1.165, 1.54) is 0 Å². The second-order valence-electron chi connectivity index (χ2n) is 5.27. The summed E-state index contributed by atoms with van der Waals surface area (Å²) in [6.07, 6.45) is -5.51. The molecule has 0 unspecified atom stereocenters. The highest BCUT2D eigenvalue weighted by molar-refractivity contribution is 7.12. The molecule has 0 aromatic carbocycles. The number of halogens is 3. The number of nitrogens with zero attached hydrogens (tertiary/aromatic N) is 1. The van der Waals surface area contributed by atoms with Crippen molar-refractivity contribution in [1.82, 2.24) is 10.3 Å². The molecule has 0 saturated heterocycles. The van der Waals surface area contributed by atoms with Crippen LogP contribution in [0.3, 0.4) is 0 Å². The van der Waals surface area contributed by atoms with Crippen LogP contribution in [0.4, 0.5) is 18.0 Å². The van der Waals surface area contributed by atoms with E-state index < -0.39 is 34.4 Å². The lowest BCUT2D eigenvalue weighted by molar-refractivity contribution is -0.135. The van der Waals surface area contributed by atoms with Gasteiger partial charge in [0.1, 0.15) is 10.5 Å². The molecule has 0 spiro atoms. The summed E-state index contributed by atoms with van der Waals surface area (Å²) in [5, 5.41) is 11.1. The Bertz CT molecular complexity index is 564. The zero-order valence-electron chi connectivity index (χ0n) is 12.1. The molecule has 0 aliphatic rings. The van der Waals surface area contributed by atoms with E-state index in [-0.39, 0.29) is 29.3 Å². The van der Waals surface area contributed by atoms with Crippen molar-refractivity contribution in [1.29, 1.82) is 0 Å². The first-order valence-corrected chi connectivity index (χ1v) is 6.99. The van der Waals surface area contributed by atoms with Crippen LogP contribution in [0.2, 0.25) is 0 Å². The van der Waals surface area contributed by atoms with Crippen LogP contribution in [0.5, 0.6) is 0 Å². The molecular weight excluding hydrogens is 325 g/mol. The van der Waals surface area contributed by atoms with Crippen LogP contribution >= 0.6 is 11.3 Å². The highest BCUT2D eigenvalue weighted by atomic mass is 32.1. The highest BCUT2D eigenvalue weighted by Gasteiger charge is 2.39. The molecule has 0 saturated carbocycles. The van der Waals surface area contributed by atoms with Crippen LogP contribution in [0.15, 0.2) is 0 Å². The molecule has 0 radical (unpaired) electrons. The Kier molecular flexibility index (Phi) is 5.39. The van der Waals surface area contributed by atoms with Gasteiger partial charge in [-0.3, -0.25) is 0 Å². The average molecular weight is 340 g/mol. The molecule has 22 heavy (non-hydrogen) atoms. The van der Waals surface area contributed by atoms with Crippen LogP contribution in [0.1, 0.15) is 41.1 Å². The minimum absolute atomic E-state index is 0.0151. The van der Waals surface area contributed by atoms with Gasteiger partial charge in [-0.05, 0) is 20.8 Å². The average Bonchev–Trinajstić information content (AvgIpc) is 2.70. The molecule has 0 atom stereocenters. The fourth-order valence-electron chi connectivity index (χ4n) is 1.39. The molecule has 0 bridgehead atoms. The van der Waals surface area contributed by atoms with Crippen molar-refractivity contribution in [2.45, 2.75) is 39.0 Å². The van der Waals surface area contributed by atoms with Gasteiger partial charge in [-0.2, -0.15) is 13.2 Å². The molecule has 0 aliphatic carbocycles. The third-order valence-electron chi connectivity index (χ3n) is 2.14. The number of carboxylic acids is 1. The lowest BCUT2D eigenvalue weighted by Gasteiger charge is -2.19. The normalized spacial score (nSPS) is 12.1. The third-order valence-corrected chi connectivity index (χ3v) is 3.30. The summed E-state index contributed by atoms with van der Waals surface area (Å²) >= 11 is 0.251. The van der Waals surface area contributed by atoms with Crippen LogP contribution in [-0.2, 0) is 17.3 Å². The molecule has 124 valence electrons. The molecule has 0 fully saturated rings. The van der Waals surface area contributed by atoms with Crippen molar-refractivity contribution in [2.75, 3.05) is 6.54 Å². The number of carbonyl (C=O) groups is 2. The van der Waals surface area contributed by atoms with Crippen molar-refractivity contribution in [2.24, 2.45) is 0 Å². The summed E-state index contributed by atoms with van der Waals surface area (Å²) in [6.45, 7) is 4.99. The number of hydrogen-bond acceptors (Lipinski definition) is 5. The second kappa shape index (κ2) is 6.51. The summed E-state index contributed by atoms with van der Waals surface area (Å²) in [5.41, 5.74) is -1.71. The van der Waals surface area contributed by atoms with E-state index in [4.69, 9.17) is 9.84 Å². The predicted octanol–water partition coefficient (Wildman–Crippen LogP) is 2.93. The van der Waals surface area contributed by atoms with Gasteiger partial charge in [0.05, 0.1) is 5.01 Å². The first-order chi connectivity index (χ1) is 9.90. The Morgan fingerprint density at radius 2 is 1.91 bits per heavy atom. The number of carboxylic acid groups (broad SMARTS) is 1. The molecule has 1 rings (SSSR count). The molecule has 10 heteroatoms. The Hall–Kier alpha value is -1.84.